The van der Waals surface area contributed by atoms with Gasteiger partial charge in [-0.05, 0) is 26.8 Å². The van der Waals surface area contributed by atoms with Gasteiger partial charge in [0.2, 0.25) is 11.9 Å². The van der Waals surface area contributed by atoms with E-state index in [2.05, 4.69) is 20.6 Å². The highest BCUT2D eigenvalue weighted by molar-refractivity contribution is 5.85. The van der Waals surface area contributed by atoms with Crippen molar-refractivity contribution >= 4 is 17.7 Å². The van der Waals surface area contributed by atoms with Crippen molar-refractivity contribution in [2.75, 3.05) is 36.5 Å². The van der Waals surface area contributed by atoms with Gasteiger partial charge >= 0.3 is 0 Å². The van der Waals surface area contributed by atoms with E-state index in [9.17, 15) is 4.79 Å². The molecule has 1 amide bonds. The zero-order valence-corrected chi connectivity index (χ0v) is 12.8. The number of carbonyl (C=O) groups is 1. The van der Waals surface area contributed by atoms with Gasteiger partial charge in [-0.1, -0.05) is 0 Å². The number of amides is 1. The van der Waals surface area contributed by atoms with E-state index in [1.165, 1.54) is 0 Å². The van der Waals surface area contributed by atoms with Crippen molar-refractivity contribution in [3.8, 4) is 0 Å². The van der Waals surface area contributed by atoms with Crippen molar-refractivity contribution in [1.82, 2.24) is 15.3 Å². The van der Waals surface area contributed by atoms with Gasteiger partial charge in [0.15, 0.2) is 0 Å². The number of carbonyl (C=O) groups excluding carboxylic acids is 1. The predicted octanol–water partition coefficient (Wildman–Crippen LogP) is 0.638. The summed E-state index contributed by atoms with van der Waals surface area (Å²) in [6.07, 6.45) is 1.70. The Morgan fingerprint density at radius 2 is 2.38 bits per heavy atom. The summed E-state index contributed by atoms with van der Waals surface area (Å²) in [6, 6.07) is 1.57. The van der Waals surface area contributed by atoms with Gasteiger partial charge < -0.3 is 20.3 Å². The highest BCUT2D eigenvalue weighted by Gasteiger charge is 2.30. The molecule has 0 spiro atoms. The maximum Gasteiger partial charge on any atom is 0.245 e. The molecule has 7 nitrogen and oxygen atoms in total. The number of anilines is 2. The number of nitrogens with one attached hydrogen (secondary N) is 2. The van der Waals surface area contributed by atoms with Crippen molar-refractivity contribution in [3.05, 3.63) is 12.3 Å². The Hall–Kier alpha value is -1.89. The molecule has 1 aromatic heterocycles. The van der Waals surface area contributed by atoms with Gasteiger partial charge in [-0.15, -0.1) is 0 Å². The molecule has 2 N–H and O–H groups in total. The molecular formula is C14H23N5O2. The molecule has 21 heavy (non-hydrogen) atoms. The van der Waals surface area contributed by atoms with E-state index in [1.807, 2.05) is 31.7 Å². The molecule has 1 saturated heterocycles. The highest BCUT2D eigenvalue weighted by Crippen LogP contribution is 2.18. The largest absolute Gasteiger partial charge is 0.377 e. The second-order valence-electron chi connectivity index (χ2n) is 5.22. The summed E-state index contributed by atoms with van der Waals surface area (Å²) in [5.41, 5.74) is 0. The van der Waals surface area contributed by atoms with Gasteiger partial charge in [0.05, 0.1) is 13.2 Å². The lowest BCUT2D eigenvalue weighted by atomic mass is 10.2. The van der Waals surface area contributed by atoms with Crippen LogP contribution in [-0.4, -0.2) is 54.3 Å². The Bertz CT molecular complexity index is 480. The summed E-state index contributed by atoms with van der Waals surface area (Å²) in [4.78, 5) is 22.9. The van der Waals surface area contributed by atoms with Crippen molar-refractivity contribution in [1.29, 1.82) is 0 Å². The second-order valence-corrected chi connectivity index (χ2v) is 5.22. The normalized spacial score (nSPS) is 18.7. The fraction of sp³-hybridized carbons (Fsp3) is 0.643. The molecule has 1 atom stereocenters. The van der Waals surface area contributed by atoms with E-state index in [1.54, 1.807) is 6.20 Å². The minimum Gasteiger partial charge on any atom is -0.377 e. The SMILES string of the molecule is CCNc1nccc(N2CCOCC2C(=O)NC(C)C)n1. The molecule has 1 unspecified atom stereocenters. The van der Waals surface area contributed by atoms with Gasteiger partial charge in [0.25, 0.3) is 0 Å². The van der Waals surface area contributed by atoms with Crippen molar-refractivity contribution in [3.63, 3.8) is 0 Å². The Kier molecular flexibility index (Phi) is 5.32. The molecule has 116 valence electrons. The average molecular weight is 293 g/mol. The smallest absolute Gasteiger partial charge is 0.245 e. The lowest BCUT2D eigenvalue weighted by Gasteiger charge is -2.35. The van der Waals surface area contributed by atoms with Gasteiger partial charge in [0.1, 0.15) is 11.9 Å². The number of hydrogen-bond donors (Lipinski definition) is 2. The van der Waals surface area contributed by atoms with Crippen LogP contribution in [0.4, 0.5) is 11.8 Å². The fourth-order valence-corrected chi connectivity index (χ4v) is 2.23. The first-order valence-corrected chi connectivity index (χ1v) is 7.33. The first-order valence-electron chi connectivity index (χ1n) is 7.33. The Balaban J connectivity index is 2.18. The number of nitrogens with zero attached hydrogens (tertiary/aromatic N) is 3. The zero-order chi connectivity index (χ0) is 15.2. The van der Waals surface area contributed by atoms with E-state index >= 15 is 0 Å². The van der Waals surface area contributed by atoms with Crippen LogP contribution >= 0.6 is 0 Å². The van der Waals surface area contributed by atoms with Gasteiger partial charge in [-0.2, -0.15) is 4.98 Å². The Morgan fingerprint density at radius 1 is 1.57 bits per heavy atom. The lowest BCUT2D eigenvalue weighted by Crippen LogP contribution is -2.55. The molecule has 0 aliphatic carbocycles. The van der Waals surface area contributed by atoms with Crippen LogP contribution in [0.1, 0.15) is 20.8 Å². The molecule has 0 radical (unpaired) electrons. The lowest BCUT2D eigenvalue weighted by molar-refractivity contribution is -0.125. The van der Waals surface area contributed by atoms with Gasteiger partial charge in [0, 0.05) is 25.3 Å². The van der Waals surface area contributed by atoms with Gasteiger partial charge in [-0.25, -0.2) is 4.98 Å². The quantitative estimate of drug-likeness (QED) is 0.829. The summed E-state index contributed by atoms with van der Waals surface area (Å²) < 4.78 is 5.45. The molecule has 1 aromatic rings. The van der Waals surface area contributed by atoms with E-state index in [0.29, 0.717) is 25.7 Å². The molecule has 1 fully saturated rings. The van der Waals surface area contributed by atoms with E-state index in [0.717, 1.165) is 12.4 Å². The van der Waals surface area contributed by atoms with Crippen LogP contribution in [0.5, 0.6) is 0 Å². The van der Waals surface area contributed by atoms with Crippen LogP contribution in [0.15, 0.2) is 12.3 Å². The Labute approximate surface area is 125 Å². The summed E-state index contributed by atoms with van der Waals surface area (Å²) in [7, 11) is 0. The van der Waals surface area contributed by atoms with E-state index in [4.69, 9.17) is 4.74 Å². The minimum absolute atomic E-state index is 0.0340. The zero-order valence-electron chi connectivity index (χ0n) is 12.8. The summed E-state index contributed by atoms with van der Waals surface area (Å²) in [6.45, 7) is 8.23. The third-order valence-corrected chi connectivity index (χ3v) is 3.13. The molecular weight excluding hydrogens is 270 g/mol. The first kappa shape index (κ1) is 15.5. The number of morpholine rings is 1. The van der Waals surface area contributed by atoms with Crippen molar-refractivity contribution < 1.29 is 9.53 Å². The van der Waals surface area contributed by atoms with Crippen LogP contribution in [0.2, 0.25) is 0 Å². The molecule has 2 rings (SSSR count). The number of rotatable bonds is 5. The monoisotopic (exact) mass is 293 g/mol. The van der Waals surface area contributed by atoms with Crippen LogP contribution in [0, 0.1) is 0 Å². The highest BCUT2D eigenvalue weighted by atomic mass is 16.5. The first-order chi connectivity index (χ1) is 10.1. The molecule has 0 aromatic carbocycles. The Morgan fingerprint density at radius 3 is 3.10 bits per heavy atom. The standard InChI is InChI=1S/C14H23N5O2/c1-4-15-14-16-6-5-12(18-14)19-7-8-21-9-11(19)13(20)17-10(2)3/h5-6,10-11H,4,7-9H2,1-3H3,(H,17,20)(H,15,16,18). The van der Waals surface area contributed by atoms with Crippen LogP contribution in [-0.2, 0) is 9.53 Å². The minimum atomic E-state index is -0.356. The third kappa shape index (κ3) is 4.04. The average Bonchev–Trinajstić information content (AvgIpc) is 2.47. The number of ether oxygens (including phenoxy) is 1. The molecule has 1 aliphatic rings. The molecule has 0 saturated carbocycles. The third-order valence-electron chi connectivity index (χ3n) is 3.13. The van der Waals surface area contributed by atoms with E-state index in [-0.39, 0.29) is 18.0 Å². The van der Waals surface area contributed by atoms with Crippen LogP contribution in [0.3, 0.4) is 0 Å². The van der Waals surface area contributed by atoms with Crippen LogP contribution in [0.25, 0.3) is 0 Å². The predicted molar refractivity (Wildman–Crippen MR) is 81.4 cm³/mol. The van der Waals surface area contributed by atoms with Crippen molar-refractivity contribution in [2.24, 2.45) is 0 Å². The number of aromatic nitrogens is 2. The molecule has 2 heterocycles. The van der Waals surface area contributed by atoms with Crippen LogP contribution < -0.4 is 15.5 Å². The topological polar surface area (TPSA) is 79.4 Å². The summed E-state index contributed by atoms with van der Waals surface area (Å²) >= 11 is 0. The van der Waals surface area contributed by atoms with Gasteiger partial charge in [-0.3, -0.25) is 4.79 Å². The maximum atomic E-state index is 12.3. The molecule has 0 bridgehead atoms. The fourth-order valence-electron chi connectivity index (χ4n) is 2.23. The number of hydrogen-bond acceptors (Lipinski definition) is 6. The van der Waals surface area contributed by atoms with E-state index < -0.39 is 0 Å². The van der Waals surface area contributed by atoms with Crippen molar-refractivity contribution in [2.45, 2.75) is 32.9 Å². The summed E-state index contributed by atoms with van der Waals surface area (Å²) in [5, 5.41) is 6.01. The molecule has 1 aliphatic heterocycles. The molecule has 7 heteroatoms. The second kappa shape index (κ2) is 7.21. The maximum absolute atomic E-state index is 12.3. The summed E-state index contributed by atoms with van der Waals surface area (Å²) in [5.74, 6) is 1.28.